The summed E-state index contributed by atoms with van der Waals surface area (Å²) in [4.78, 5) is 21.7. The van der Waals surface area contributed by atoms with E-state index in [1.165, 1.54) is 0 Å². The van der Waals surface area contributed by atoms with Crippen molar-refractivity contribution in [3.05, 3.63) is 34.9 Å². The molecular weight excluding hydrogens is 270 g/mol. The molecule has 1 rings (SSSR count). The Morgan fingerprint density at radius 1 is 1.32 bits per heavy atom. The van der Waals surface area contributed by atoms with Crippen molar-refractivity contribution >= 4 is 23.5 Å². The van der Waals surface area contributed by atoms with Crippen LogP contribution in [-0.2, 0) is 20.7 Å². The van der Waals surface area contributed by atoms with Crippen molar-refractivity contribution < 1.29 is 19.4 Å². The highest BCUT2D eigenvalue weighted by Crippen LogP contribution is 2.16. The van der Waals surface area contributed by atoms with E-state index in [9.17, 15) is 9.59 Å². The van der Waals surface area contributed by atoms with E-state index in [1.807, 2.05) is 18.2 Å². The molecule has 0 fully saturated rings. The standard InChI is InChI=1S/C13H16ClNO4/c14-11-4-2-1-3-10(11)5-6-12(16)15-7-8-19-9-13(17)18/h1-4H,5-9H2,(H,15,16)(H,17,18). The largest absolute Gasteiger partial charge is 0.480 e. The Hall–Kier alpha value is -1.59. The van der Waals surface area contributed by atoms with E-state index < -0.39 is 5.97 Å². The highest BCUT2D eigenvalue weighted by molar-refractivity contribution is 6.31. The highest BCUT2D eigenvalue weighted by Gasteiger charge is 2.04. The van der Waals surface area contributed by atoms with Crippen LogP contribution in [0.3, 0.4) is 0 Å². The smallest absolute Gasteiger partial charge is 0.329 e. The van der Waals surface area contributed by atoms with Crippen LogP contribution >= 0.6 is 11.6 Å². The predicted octanol–water partition coefficient (Wildman–Crippen LogP) is 1.49. The third-order valence-corrected chi connectivity index (χ3v) is 2.74. The number of nitrogens with one attached hydrogen (secondary N) is 1. The second-order valence-electron chi connectivity index (χ2n) is 3.89. The average molecular weight is 286 g/mol. The van der Waals surface area contributed by atoms with Gasteiger partial charge in [-0.15, -0.1) is 0 Å². The van der Waals surface area contributed by atoms with E-state index in [0.29, 0.717) is 24.4 Å². The lowest BCUT2D eigenvalue weighted by molar-refractivity contribution is -0.142. The quantitative estimate of drug-likeness (QED) is 0.710. The molecule has 1 aromatic rings. The number of amides is 1. The van der Waals surface area contributed by atoms with E-state index in [2.05, 4.69) is 5.32 Å². The predicted molar refractivity (Wildman–Crippen MR) is 71.2 cm³/mol. The Balaban J connectivity index is 2.15. The lowest BCUT2D eigenvalue weighted by atomic mass is 10.1. The molecule has 0 aliphatic heterocycles. The van der Waals surface area contributed by atoms with E-state index >= 15 is 0 Å². The molecule has 0 aliphatic carbocycles. The summed E-state index contributed by atoms with van der Waals surface area (Å²) in [5.74, 6) is -1.14. The third-order valence-electron chi connectivity index (χ3n) is 2.37. The first-order valence-electron chi connectivity index (χ1n) is 5.89. The molecule has 2 N–H and O–H groups in total. The molecule has 5 nitrogen and oxygen atoms in total. The highest BCUT2D eigenvalue weighted by atomic mass is 35.5. The summed E-state index contributed by atoms with van der Waals surface area (Å²) >= 11 is 5.98. The molecular formula is C13H16ClNO4. The van der Waals surface area contributed by atoms with Gasteiger partial charge in [-0.1, -0.05) is 29.8 Å². The minimum Gasteiger partial charge on any atom is -0.480 e. The Morgan fingerprint density at radius 2 is 2.05 bits per heavy atom. The van der Waals surface area contributed by atoms with Gasteiger partial charge in [-0.25, -0.2) is 4.79 Å². The summed E-state index contributed by atoms with van der Waals surface area (Å²) in [6.07, 6.45) is 0.907. The zero-order chi connectivity index (χ0) is 14.1. The molecule has 0 saturated carbocycles. The van der Waals surface area contributed by atoms with Gasteiger partial charge in [-0.3, -0.25) is 4.79 Å². The molecule has 0 aliphatic rings. The van der Waals surface area contributed by atoms with Gasteiger partial charge in [0.1, 0.15) is 6.61 Å². The summed E-state index contributed by atoms with van der Waals surface area (Å²) in [5.41, 5.74) is 0.932. The normalized spacial score (nSPS) is 10.2. The molecule has 0 aromatic heterocycles. The number of halogens is 1. The maximum absolute atomic E-state index is 11.5. The molecule has 104 valence electrons. The van der Waals surface area contributed by atoms with Gasteiger partial charge < -0.3 is 15.2 Å². The van der Waals surface area contributed by atoms with E-state index in [-0.39, 0.29) is 19.1 Å². The van der Waals surface area contributed by atoms with Crippen LogP contribution in [0.5, 0.6) is 0 Å². The number of hydrogen-bond acceptors (Lipinski definition) is 3. The van der Waals surface area contributed by atoms with Crippen molar-refractivity contribution in [2.75, 3.05) is 19.8 Å². The Bertz CT molecular complexity index is 436. The van der Waals surface area contributed by atoms with E-state index in [1.54, 1.807) is 6.07 Å². The molecule has 0 saturated heterocycles. The van der Waals surface area contributed by atoms with Gasteiger partial charge in [0, 0.05) is 18.0 Å². The van der Waals surface area contributed by atoms with E-state index in [0.717, 1.165) is 5.56 Å². The zero-order valence-corrected chi connectivity index (χ0v) is 11.2. The van der Waals surface area contributed by atoms with Crippen molar-refractivity contribution in [3.8, 4) is 0 Å². The van der Waals surface area contributed by atoms with Crippen LogP contribution in [0.15, 0.2) is 24.3 Å². The fraction of sp³-hybridized carbons (Fsp3) is 0.385. The summed E-state index contributed by atoms with van der Waals surface area (Å²) in [5, 5.41) is 11.6. The fourth-order valence-corrected chi connectivity index (χ4v) is 1.69. The number of aryl methyl sites for hydroxylation is 1. The zero-order valence-electron chi connectivity index (χ0n) is 10.4. The number of carboxylic acid groups (broad SMARTS) is 1. The minimum absolute atomic E-state index is 0.112. The van der Waals surface area contributed by atoms with Crippen molar-refractivity contribution in [2.45, 2.75) is 12.8 Å². The second kappa shape index (κ2) is 8.50. The number of benzene rings is 1. The lowest BCUT2D eigenvalue weighted by Crippen LogP contribution is -2.28. The molecule has 1 aromatic carbocycles. The Kier molecular flexibility index (Phi) is 6.92. The second-order valence-corrected chi connectivity index (χ2v) is 4.29. The van der Waals surface area contributed by atoms with Crippen LogP contribution in [0.2, 0.25) is 5.02 Å². The van der Waals surface area contributed by atoms with Gasteiger partial charge in [0.25, 0.3) is 0 Å². The summed E-state index contributed by atoms with van der Waals surface area (Å²) in [6.45, 7) is 0.133. The maximum atomic E-state index is 11.5. The molecule has 0 unspecified atom stereocenters. The monoisotopic (exact) mass is 285 g/mol. The SMILES string of the molecule is O=C(O)COCCNC(=O)CCc1ccccc1Cl. The first kappa shape index (κ1) is 15.5. The van der Waals surface area contributed by atoms with E-state index in [4.69, 9.17) is 21.4 Å². The lowest BCUT2D eigenvalue weighted by Gasteiger charge is -2.06. The Labute approximate surface area is 116 Å². The van der Waals surface area contributed by atoms with Gasteiger partial charge >= 0.3 is 5.97 Å². The van der Waals surface area contributed by atoms with Crippen LogP contribution in [-0.4, -0.2) is 36.7 Å². The summed E-state index contributed by atoms with van der Waals surface area (Å²) in [7, 11) is 0. The van der Waals surface area contributed by atoms with Crippen LogP contribution in [0, 0.1) is 0 Å². The molecule has 0 bridgehead atoms. The number of ether oxygens (including phenoxy) is 1. The third kappa shape index (κ3) is 6.79. The van der Waals surface area contributed by atoms with Crippen molar-refractivity contribution in [3.63, 3.8) is 0 Å². The van der Waals surface area contributed by atoms with Gasteiger partial charge in [0.05, 0.1) is 6.61 Å². The molecule has 19 heavy (non-hydrogen) atoms. The first-order valence-corrected chi connectivity index (χ1v) is 6.27. The van der Waals surface area contributed by atoms with Gasteiger partial charge in [-0.2, -0.15) is 0 Å². The Morgan fingerprint density at radius 3 is 2.74 bits per heavy atom. The molecule has 1 amide bonds. The fourth-order valence-electron chi connectivity index (χ4n) is 1.46. The molecule has 0 spiro atoms. The van der Waals surface area contributed by atoms with Gasteiger partial charge in [0.15, 0.2) is 0 Å². The average Bonchev–Trinajstić information content (AvgIpc) is 2.37. The van der Waals surface area contributed by atoms with Crippen LogP contribution < -0.4 is 5.32 Å². The number of aliphatic carboxylic acids is 1. The van der Waals surface area contributed by atoms with Gasteiger partial charge in [-0.05, 0) is 18.1 Å². The number of rotatable bonds is 8. The maximum Gasteiger partial charge on any atom is 0.329 e. The molecule has 6 heteroatoms. The van der Waals surface area contributed by atoms with Crippen molar-refractivity contribution in [1.82, 2.24) is 5.32 Å². The van der Waals surface area contributed by atoms with Crippen LogP contribution in [0.1, 0.15) is 12.0 Å². The summed E-state index contributed by atoms with van der Waals surface area (Å²) < 4.78 is 4.79. The topological polar surface area (TPSA) is 75.6 Å². The minimum atomic E-state index is -1.02. The molecule has 0 atom stereocenters. The molecule has 0 heterocycles. The van der Waals surface area contributed by atoms with Crippen LogP contribution in [0.25, 0.3) is 0 Å². The first-order chi connectivity index (χ1) is 9.09. The number of carboxylic acids is 1. The van der Waals surface area contributed by atoms with Gasteiger partial charge in [0.2, 0.25) is 5.91 Å². The summed E-state index contributed by atoms with van der Waals surface area (Å²) in [6, 6.07) is 7.38. The number of hydrogen-bond donors (Lipinski definition) is 2. The van der Waals surface area contributed by atoms with Crippen molar-refractivity contribution in [1.29, 1.82) is 0 Å². The van der Waals surface area contributed by atoms with Crippen LogP contribution in [0.4, 0.5) is 0 Å². The van der Waals surface area contributed by atoms with Crippen molar-refractivity contribution in [2.24, 2.45) is 0 Å². The molecule has 0 radical (unpaired) electrons. The number of carbonyl (C=O) groups is 2. The number of carbonyl (C=O) groups excluding carboxylic acids is 1.